The van der Waals surface area contributed by atoms with E-state index in [1.807, 2.05) is 24.3 Å². The fraction of sp³-hybridized carbons (Fsp3) is 0.412. The summed E-state index contributed by atoms with van der Waals surface area (Å²) in [5.74, 6) is 0.0754. The topological polar surface area (TPSA) is 78.3 Å². The van der Waals surface area contributed by atoms with Gasteiger partial charge in [0.05, 0.1) is 54.2 Å². The van der Waals surface area contributed by atoms with Crippen LogP contribution in [0.5, 0.6) is 11.5 Å². The molecule has 8 rings (SSSR count). The first-order chi connectivity index (χ1) is 21.8. The molecule has 1 saturated carbocycles. The molecule has 1 aliphatic carbocycles. The van der Waals surface area contributed by atoms with Gasteiger partial charge < -0.3 is 28.4 Å². The first-order valence-electron chi connectivity index (χ1n) is 15.5. The summed E-state index contributed by atoms with van der Waals surface area (Å²) in [7, 11) is 1.40. The van der Waals surface area contributed by atoms with Crippen molar-refractivity contribution < 1.29 is 28.1 Å². The molecule has 1 unspecified atom stereocenters. The number of anilines is 1. The lowest BCUT2D eigenvalue weighted by molar-refractivity contribution is -0.0706. The van der Waals surface area contributed by atoms with Crippen molar-refractivity contribution >= 4 is 34.3 Å². The Hall–Kier alpha value is -3.86. The third-order valence-electron chi connectivity index (χ3n) is 9.76. The Kier molecular flexibility index (Phi) is 6.92. The van der Waals surface area contributed by atoms with Gasteiger partial charge in [-0.3, -0.25) is 4.90 Å². The number of imidazole rings is 1. The highest BCUT2D eigenvalue weighted by molar-refractivity contribution is 6.30. The molecule has 0 radical (unpaired) electrons. The highest BCUT2D eigenvalue weighted by Gasteiger charge is 2.47. The van der Waals surface area contributed by atoms with Gasteiger partial charge in [0.25, 0.3) is 5.79 Å². The second kappa shape index (κ2) is 10.9. The van der Waals surface area contributed by atoms with Crippen molar-refractivity contribution in [3.63, 3.8) is 0 Å². The number of benzene rings is 3. The summed E-state index contributed by atoms with van der Waals surface area (Å²) >= 11 is 6.01. The van der Waals surface area contributed by atoms with Crippen molar-refractivity contribution in [3.8, 4) is 11.5 Å². The van der Waals surface area contributed by atoms with Gasteiger partial charge >= 0.3 is 5.97 Å². The first kappa shape index (κ1) is 28.6. The van der Waals surface area contributed by atoms with Crippen LogP contribution in [0.1, 0.15) is 47.9 Å². The molecule has 0 spiro atoms. The van der Waals surface area contributed by atoms with Crippen LogP contribution in [0.15, 0.2) is 54.6 Å². The fourth-order valence-electron chi connectivity index (χ4n) is 7.18. The molecule has 4 aliphatic rings. The molecule has 3 fully saturated rings. The molecular formula is C34H34ClFN4O5. The van der Waals surface area contributed by atoms with Gasteiger partial charge in [0.2, 0.25) is 0 Å². The molecule has 11 heteroatoms. The van der Waals surface area contributed by atoms with Gasteiger partial charge in [-0.05, 0) is 67.8 Å². The Bertz CT molecular complexity index is 1810. The van der Waals surface area contributed by atoms with Crippen molar-refractivity contribution in [1.82, 2.24) is 14.5 Å². The smallest absolute Gasteiger partial charge is 0.337 e. The van der Waals surface area contributed by atoms with Gasteiger partial charge in [-0.25, -0.2) is 14.2 Å². The van der Waals surface area contributed by atoms with Crippen LogP contribution in [-0.2, 0) is 28.4 Å². The number of hydrogen-bond donors (Lipinski definition) is 0. The number of aromatic nitrogens is 2. The number of piperazine rings is 1. The van der Waals surface area contributed by atoms with E-state index in [2.05, 4.69) is 20.4 Å². The lowest BCUT2D eigenvalue weighted by atomic mass is 9.81. The minimum atomic E-state index is -1.30. The number of ether oxygens (including phenoxy) is 4. The van der Waals surface area contributed by atoms with Crippen molar-refractivity contribution in [2.45, 2.75) is 63.3 Å². The van der Waals surface area contributed by atoms with Crippen molar-refractivity contribution in [2.75, 3.05) is 31.7 Å². The molecule has 3 aromatic carbocycles. The summed E-state index contributed by atoms with van der Waals surface area (Å²) in [5.41, 5.74) is 3.55. The van der Waals surface area contributed by atoms with Gasteiger partial charge in [0.1, 0.15) is 11.6 Å². The lowest BCUT2D eigenvalue weighted by Crippen LogP contribution is -2.64. The van der Waals surface area contributed by atoms with Crippen LogP contribution in [0.3, 0.4) is 0 Å². The van der Waals surface area contributed by atoms with Crippen LogP contribution >= 0.6 is 11.6 Å². The van der Waals surface area contributed by atoms with Crippen molar-refractivity contribution in [3.05, 3.63) is 82.4 Å². The predicted octanol–water partition coefficient (Wildman–Crippen LogP) is 5.90. The number of methoxy groups -OCH3 is 1. The normalized spacial score (nSPS) is 25.5. The van der Waals surface area contributed by atoms with Crippen LogP contribution in [0.4, 0.5) is 10.1 Å². The SMILES string of the molecule is COC(=O)c1ccc2nc(CN3CCN(c4cccc5c4OC(C)(c4ccc(Cl)cc4F)O5)[C@@H]4CC[C@H]43)n(C[C@@H]3CCO3)c2c1. The third kappa shape index (κ3) is 4.81. The highest BCUT2D eigenvalue weighted by Crippen LogP contribution is 2.51. The second-order valence-corrected chi connectivity index (χ2v) is 12.8. The van der Waals surface area contributed by atoms with Gasteiger partial charge in [-0.1, -0.05) is 17.7 Å². The zero-order chi connectivity index (χ0) is 30.9. The minimum Gasteiger partial charge on any atom is -0.465 e. The number of rotatable bonds is 7. The molecule has 2 saturated heterocycles. The number of fused-ring (bicyclic) bond motifs is 3. The minimum absolute atomic E-state index is 0.144. The highest BCUT2D eigenvalue weighted by atomic mass is 35.5. The van der Waals surface area contributed by atoms with Crippen LogP contribution in [0.25, 0.3) is 11.0 Å². The zero-order valence-corrected chi connectivity index (χ0v) is 25.9. The van der Waals surface area contributed by atoms with E-state index in [4.69, 9.17) is 35.5 Å². The number of esters is 1. The van der Waals surface area contributed by atoms with Crippen LogP contribution in [-0.4, -0.2) is 65.4 Å². The Balaban J connectivity index is 1.05. The molecule has 0 amide bonds. The first-order valence-corrected chi connectivity index (χ1v) is 15.9. The monoisotopic (exact) mass is 632 g/mol. The molecule has 4 heterocycles. The molecular weight excluding hydrogens is 599 g/mol. The molecule has 9 nitrogen and oxygen atoms in total. The maximum atomic E-state index is 14.9. The average Bonchev–Trinajstić information content (AvgIpc) is 3.51. The Morgan fingerprint density at radius 2 is 1.93 bits per heavy atom. The number of hydrogen-bond acceptors (Lipinski definition) is 8. The second-order valence-electron chi connectivity index (χ2n) is 12.4. The van der Waals surface area contributed by atoms with E-state index in [9.17, 15) is 9.18 Å². The van der Waals surface area contributed by atoms with E-state index >= 15 is 0 Å². The van der Waals surface area contributed by atoms with Gasteiger partial charge in [0, 0.05) is 43.7 Å². The average molecular weight is 633 g/mol. The number of halogens is 2. The van der Waals surface area contributed by atoms with Gasteiger partial charge in [-0.2, -0.15) is 0 Å². The third-order valence-corrected chi connectivity index (χ3v) is 10.00. The fourth-order valence-corrected chi connectivity index (χ4v) is 7.34. The number of carbonyl (C=O) groups is 1. The summed E-state index contributed by atoms with van der Waals surface area (Å²) in [6.07, 6.45) is 3.30. The summed E-state index contributed by atoms with van der Waals surface area (Å²) in [6.45, 7) is 5.55. The van der Waals surface area contributed by atoms with E-state index in [1.54, 1.807) is 25.1 Å². The Morgan fingerprint density at radius 1 is 1.09 bits per heavy atom. The maximum absolute atomic E-state index is 14.9. The molecule has 0 N–H and O–H groups in total. The summed E-state index contributed by atoms with van der Waals surface area (Å²) in [4.78, 5) is 22.3. The van der Waals surface area contributed by atoms with Crippen molar-refractivity contribution in [2.24, 2.45) is 0 Å². The predicted molar refractivity (Wildman–Crippen MR) is 166 cm³/mol. The van der Waals surface area contributed by atoms with Gasteiger partial charge in [0.15, 0.2) is 11.5 Å². The maximum Gasteiger partial charge on any atom is 0.337 e. The van der Waals surface area contributed by atoms with E-state index in [1.165, 1.54) is 13.2 Å². The summed E-state index contributed by atoms with van der Waals surface area (Å²) in [6, 6.07) is 16.6. The standard InChI is InChI=1S/C34H34ClFN4O5/c1-34(23-8-7-21(35)17-24(23)36)44-30-5-3-4-28(32(30)45-34)39-14-13-38(26-10-11-27(26)39)19-31-37-25-9-6-20(33(41)42-2)16-29(25)40(31)18-22-12-15-43-22/h3-9,16-17,22,26-27H,10-15,18-19H2,1-2H3/t22-,26+,27+,34?/m0/s1. The summed E-state index contributed by atoms with van der Waals surface area (Å²) < 4.78 is 40.6. The molecule has 234 valence electrons. The number of para-hydroxylation sites is 1. The Morgan fingerprint density at radius 3 is 2.67 bits per heavy atom. The van der Waals surface area contributed by atoms with Gasteiger partial charge in [-0.15, -0.1) is 0 Å². The zero-order valence-electron chi connectivity index (χ0n) is 25.2. The van der Waals surface area contributed by atoms with Crippen LogP contribution in [0, 0.1) is 5.82 Å². The van der Waals surface area contributed by atoms with E-state index < -0.39 is 11.6 Å². The molecule has 45 heavy (non-hydrogen) atoms. The Labute approximate surface area is 265 Å². The van der Waals surface area contributed by atoms with Crippen LogP contribution < -0.4 is 14.4 Å². The summed E-state index contributed by atoms with van der Waals surface area (Å²) in [5, 5.41) is 0.322. The molecule has 3 aliphatic heterocycles. The number of nitrogens with zero attached hydrogens (tertiary/aromatic N) is 4. The number of carbonyl (C=O) groups excluding carboxylic acids is 1. The molecule has 0 bridgehead atoms. The molecule has 4 atom stereocenters. The van der Waals surface area contributed by atoms with E-state index in [0.29, 0.717) is 52.8 Å². The molecule has 4 aromatic rings. The van der Waals surface area contributed by atoms with E-state index in [-0.39, 0.29) is 12.1 Å². The van der Waals surface area contributed by atoms with Crippen molar-refractivity contribution in [1.29, 1.82) is 0 Å². The lowest BCUT2D eigenvalue weighted by Gasteiger charge is -2.54. The van der Waals surface area contributed by atoms with E-state index in [0.717, 1.165) is 61.5 Å². The largest absolute Gasteiger partial charge is 0.465 e. The quantitative estimate of drug-likeness (QED) is 0.233. The van der Waals surface area contributed by atoms with Crippen LogP contribution in [0.2, 0.25) is 5.02 Å². The molecule has 1 aromatic heterocycles.